The summed E-state index contributed by atoms with van der Waals surface area (Å²) in [6, 6.07) is 4.59. The number of anilines is 2. The number of alkyl halides is 2. The number of nitrogens with zero attached hydrogens (tertiary/aromatic N) is 4. The lowest BCUT2D eigenvalue weighted by atomic mass is 9.83. The quantitative estimate of drug-likeness (QED) is 0.380. The summed E-state index contributed by atoms with van der Waals surface area (Å²) < 4.78 is 64.3. The molecule has 0 radical (unpaired) electrons. The maximum Gasteiger partial charge on any atom is 0.388 e. The zero-order valence-corrected chi connectivity index (χ0v) is 18.6. The Morgan fingerprint density at radius 2 is 2.06 bits per heavy atom. The number of aromatic nitrogens is 4. The summed E-state index contributed by atoms with van der Waals surface area (Å²) in [5.74, 6) is -3.30. The minimum Gasteiger partial charge on any atom is -0.465 e. The van der Waals surface area contributed by atoms with Gasteiger partial charge in [0.25, 0.3) is 0 Å². The lowest BCUT2D eigenvalue weighted by Crippen LogP contribution is -2.35. The third-order valence-corrected chi connectivity index (χ3v) is 5.53. The molecule has 0 fully saturated rings. The van der Waals surface area contributed by atoms with Gasteiger partial charge in [0, 0.05) is 17.3 Å². The lowest BCUT2D eigenvalue weighted by Gasteiger charge is -2.23. The Morgan fingerprint density at radius 1 is 1.31 bits per heavy atom. The van der Waals surface area contributed by atoms with Crippen LogP contribution >= 0.6 is 0 Å². The van der Waals surface area contributed by atoms with E-state index in [0.29, 0.717) is 0 Å². The van der Waals surface area contributed by atoms with Crippen LogP contribution in [0.15, 0.2) is 36.5 Å². The van der Waals surface area contributed by atoms with Crippen LogP contribution in [-0.4, -0.2) is 38.9 Å². The van der Waals surface area contributed by atoms with Crippen LogP contribution in [0.1, 0.15) is 25.0 Å². The molecule has 4 rings (SSSR count). The Labute approximate surface area is 196 Å². The van der Waals surface area contributed by atoms with Gasteiger partial charge < -0.3 is 20.5 Å². The average molecular weight is 492 g/mol. The van der Waals surface area contributed by atoms with Gasteiger partial charge in [-0.15, -0.1) is 0 Å². The third-order valence-electron chi connectivity index (χ3n) is 5.53. The SMILES string of the molecule is C=C1Nc2nc(-c3cc(OC(F)F)n(Cc4cccc(F)c4F)n3)nc(N)c2C1(C)C(=O)OCC. The van der Waals surface area contributed by atoms with E-state index in [-0.39, 0.29) is 46.6 Å². The molecule has 1 unspecified atom stereocenters. The van der Waals surface area contributed by atoms with E-state index in [1.54, 1.807) is 13.8 Å². The standard InChI is InChI=1S/C22H20F4N6O3/c1-4-34-20(33)22(3)10(2)28-19-15(22)17(27)29-18(30-19)13-8-14(35-21(25)26)32(31-13)9-11-6-5-7-12(23)16(11)24/h5-8,21H,2,4,9H2,1,3H3,(H3,27,28,29,30). The molecule has 184 valence electrons. The highest BCUT2D eigenvalue weighted by Gasteiger charge is 2.49. The highest BCUT2D eigenvalue weighted by atomic mass is 19.3. The minimum absolute atomic E-state index is 0.0379. The summed E-state index contributed by atoms with van der Waals surface area (Å²) in [5.41, 5.74) is 5.12. The second-order valence-electron chi connectivity index (χ2n) is 7.72. The molecule has 35 heavy (non-hydrogen) atoms. The smallest absolute Gasteiger partial charge is 0.388 e. The van der Waals surface area contributed by atoms with E-state index in [9.17, 15) is 22.4 Å². The van der Waals surface area contributed by atoms with E-state index >= 15 is 0 Å². The normalized spacial score (nSPS) is 16.8. The van der Waals surface area contributed by atoms with Gasteiger partial charge in [-0.25, -0.2) is 23.4 Å². The van der Waals surface area contributed by atoms with Crippen LogP contribution in [0.25, 0.3) is 11.5 Å². The van der Waals surface area contributed by atoms with Crippen LogP contribution in [0.5, 0.6) is 5.88 Å². The van der Waals surface area contributed by atoms with Crippen molar-refractivity contribution >= 4 is 17.6 Å². The van der Waals surface area contributed by atoms with Crippen molar-refractivity contribution in [2.75, 3.05) is 17.7 Å². The van der Waals surface area contributed by atoms with Crippen LogP contribution in [0, 0.1) is 11.6 Å². The lowest BCUT2D eigenvalue weighted by molar-refractivity contribution is -0.147. The number of nitrogen functional groups attached to an aromatic ring is 1. The molecule has 0 amide bonds. The molecule has 2 aromatic heterocycles. The summed E-state index contributed by atoms with van der Waals surface area (Å²) in [6.45, 7) is 3.57. The molecule has 0 bridgehead atoms. The first-order valence-corrected chi connectivity index (χ1v) is 10.3. The third kappa shape index (κ3) is 4.13. The van der Waals surface area contributed by atoms with E-state index in [1.165, 1.54) is 12.1 Å². The summed E-state index contributed by atoms with van der Waals surface area (Å²) in [5, 5.41) is 7.01. The van der Waals surface area contributed by atoms with Gasteiger partial charge in [0.05, 0.1) is 18.7 Å². The predicted molar refractivity (Wildman–Crippen MR) is 117 cm³/mol. The van der Waals surface area contributed by atoms with E-state index in [4.69, 9.17) is 10.5 Å². The molecule has 1 aliphatic heterocycles. The number of carbonyl (C=O) groups excluding carboxylic acids is 1. The fraction of sp³-hybridized carbons (Fsp3) is 0.273. The van der Waals surface area contributed by atoms with Crippen LogP contribution in [0.4, 0.5) is 29.2 Å². The molecule has 0 spiro atoms. The summed E-state index contributed by atoms with van der Waals surface area (Å²) in [6.07, 6.45) is 0. The van der Waals surface area contributed by atoms with Crippen molar-refractivity contribution < 1.29 is 31.8 Å². The summed E-state index contributed by atoms with van der Waals surface area (Å²) in [7, 11) is 0. The first-order valence-electron chi connectivity index (χ1n) is 10.3. The predicted octanol–water partition coefficient (Wildman–Crippen LogP) is 3.61. The molecule has 3 heterocycles. The minimum atomic E-state index is -3.21. The van der Waals surface area contributed by atoms with Crippen molar-refractivity contribution in [3.8, 4) is 17.4 Å². The number of esters is 1. The number of carbonyl (C=O) groups is 1. The van der Waals surface area contributed by atoms with Gasteiger partial charge in [-0.05, 0) is 19.9 Å². The first kappa shape index (κ1) is 24.0. The van der Waals surface area contributed by atoms with Crippen molar-refractivity contribution in [1.82, 2.24) is 19.7 Å². The number of fused-ring (bicyclic) bond motifs is 1. The number of hydrogen-bond acceptors (Lipinski definition) is 8. The Hall–Kier alpha value is -4.16. The van der Waals surface area contributed by atoms with Gasteiger partial charge in [-0.2, -0.15) is 13.9 Å². The summed E-state index contributed by atoms with van der Waals surface area (Å²) >= 11 is 0. The number of hydrogen-bond donors (Lipinski definition) is 2. The van der Waals surface area contributed by atoms with Gasteiger partial charge in [-0.3, -0.25) is 4.79 Å². The Morgan fingerprint density at radius 3 is 2.74 bits per heavy atom. The van der Waals surface area contributed by atoms with Crippen molar-refractivity contribution in [3.63, 3.8) is 0 Å². The highest BCUT2D eigenvalue weighted by Crippen LogP contribution is 2.46. The van der Waals surface area contributed by atoms with Crippen LogP contribution in [0.3, 0.4) is 0 Å². The molecule has 0 aliphatic carbocycles. The molecular formula is C22H20F4N6O3. The molecule has 1 aliphatic rings. The second-order valence-corrected chi connectivity index (χ2v) is 7.72. The molecule has 1 aromatic carbocycles. The van der Waals surface area contributed by atoms with Crippen molar-refractivity contribution in [3.05, 3.63) is 59.3 Å². The molecular weight excluding hydrogens is 472 g/mol. The summed E-state index contributed by atoms with van der Waals surface area (Å²) in [4.78, 5) is 21.1. The molecule has 13 heteroatoms. The van der Waals surface area contributed by atoms with Crippen molar-refractivity contribution in [1.29, 1.82) is 0 Å². The Balaban J connectivity index is 1.76. The Kier molecular flexibility index (Phi) is 6.09. The van der Waals surface area contributed by atoms with Gasteiger partial charge in [0.2, 0.25) is 5.88 Å². The topological polar surface area (TPSA) is 117 Å². The van der Waals surface area contributed by atoms with Gasteiger partial charge in [0.1, 0.15) is 22.7 Å². The van der Waals surface area contributed by atoms with Crippen LogP contribution in [0.2, 0.25) is 0 Å². The van der Waals surface area contributed by atoms with E-state index < -0.39 is 42.1 Å². The first-order chi connectivity index (χ1) is 16.6. The zero-order valence-electron chi connectivity index (χ0n) is 18.6. The van der Waals surface area contributed by atoms with E-state index in [2.05, 4.69) is 31.7 Å². The maximum absolute atomic E-state index is 14.1. The Bertz CT molecular complexity index is 1330. The van der Waals surface area contributed by atoms with Gasteiger partial charge in [0.15, 0.2) is 17.5 Å². The number of halogens is 4. The molecule has 0 saturated heterocycles. The highest BCUT2D eigenvalue weighted by molar-refractivity contribution is 5.95. The maximum atomic E-state index is 14.1. The van der Waals surface area contributed by atoms with Crippen LogP contribution < -0.4 is 15.8 Å². The van der Waals surface area contributed by atoms with E-state index in [1.807, 2.05) is 0 Å². The largest absolute Gasteiger partial charge is 0.465 e. The molecule has 1 atom stereocenters. The molecule has 0 saturated carbocycles. The van der Waals surface area contributed by atoms with Gasteiger partial charge in [-0.1, -0.05) is 18.7 Å². The number of nitrogens with two attached hydrogens (primary N) is 1. The second kappa shape index (κ2) is 8.89. The number of benzene rings is 1. The number of ether oxygens (including phenoxy) is 2. The average Bonchev–Trinajstić information content (AvgIpc) is 3.29. The van der Waals surface area contributed by atoms with Crippen LogP contribution in [-0.2, 0) is 21.5 Å². The van der Waals surface area contributed by atoms with Gasteiger partial charge >= 0.3 is 12.6 Å². The van der Waals surface area contributed by atoms with Crippen molar-refractivity contribution in [2.45, 2.75) is 32.4 Å². The number of rotatable bonds is 7. The van der Waals surface area contributed by atoms with E-state index in [0.717, 1.165) is 16.8 Å². The molecule has 3 N–H and O–H groups in total. The monoisotopic (exact) mass is 492 g/mol. The van der Waals surface area contributed by atoms with Crippen molar-refractivity contribution in [2.24, 2.45) is 0 Å². The molecule has 3 aromatic rings. The fourth-order valence-electron chi connectivity index (χ4n) is 3.74. The molecule has 9 nitrogen and oxygen atoms in total. The zero-order chi connectivity index (χ0) is 25.5. The number of nitrogens with one attached hydrogen (secondary N) is 1. The fourth-order valence-corrected chi connectivity index (χ4v) is 3.74.